The van der Waals surface area contributed by atoms with Crippen molar-refractivity contribution < 1.29 is 14.6 Å². The van der Waals surface area contributed by atoms with E-state index >= 15 is 0 Å². The van der Waals surface area contributed by atoms with Crippen molar-refractivity contribution in [1.29, 1.82) is 0 Å². The summed E-state index contributed by atoms with van der Waals surface area (Å²) in [5, 5.41) is 13.3. The lowest BCUT2D eigenvalue weighted by Gasteiger charge is -2.08. The monoisotopic (exact) mass is 324 g/mol. The smallest absolute Gasteiger partial charge is 0.343 e. The molecule has 1 heterocycles. The van der Waals surface area contributed by atoms with E-state index in [1.54, 1.807) is 20.0 Å². The minimum atomic E-state index is -1.05. The van der Waals surface area contributed by atoms with Crippen molar-refractivity contribution in [3.05, 3.63) is 39.5 Å². The van der Waals surface area contributed by atoms with Crippen molar-refractivity contribution in [2.45, 2.75) is 13.8 Å². The second kappa shape index (κ2) is 5.05. The molecule has 0 atom stereocenters. The first kappa shape index (κ1) is 13.6. The summed E-state index contributed by atoms with van der Waals surface area (Å²) in [5.41, 5.74) is 1.52. The Balaban J connectivity index is 2.43. The third-order valence-electron chi connectivity index (χ3n) is 2.73. The summed E-state index contributed by atoms with van der Waals surface area (Å²) in [6, 6.07) is 5.46. The van der Waals surface area contributed by atoms with E-state index in [0.29, 0.717) is 11.4 Å². The quantitative estimate of drug-likeness (QED) is 0.940. The van der Waals surface area contributed by atoms with E-state index in [4.69, 9.17) is 4.74 Å². The maximum absolute atomic E-state index is 11.2. The first-order chi connectivity index (χ1) is 8.90. The van der Waals surface area contributed by atoms with Crippen LogP contribution in [-0.4, -0.2) is 20.9 Å². The number of benzene rings is 1. The van der Waals surface area contributed by atoms with Crippen molar-refractivity contribution >= 4 is 21.9 Å². The van der Waals surface area contributed by atoms with Gasteiger partial charge in [-0.25, -0.2) is 9.48 Å². The van der Waals surface area contributed by atoms with Gasteiger partial charge in [-0.3, -0.25) is 0 Å². The summed E-state index contributed by atoms with van der Waals surface area (Å²) in [7, 11) is 1.65. The summed E-state index contributed by atoms with van der Waals surface area (Å²) < 4.78 is 8.06. The number of nitrogens with zero attached hydrogens (tertiary/aromatic N) is 2. The molecule has 2 rings (SSSR count). The molecule has 5 nitrogen and oxygen atoms in total. The Hall–Kier alpha value is -1.82. The minimum Gasteiger partial charge on any atom is -0.477 e. The Morgan fingerprint density at radius 3 is 2.68 bits per heavy atom. The van der Waals surface area contributed by atoms with Crippen LogP contribution in [-0.2, 0) is 7.05 Å². The van der Waals surface area contributed by atoms with Gasteiger partial charge in [0.15, 0.2) is 0 Å². The fourth-order valence-electron chi connectivity index (χ4n) is 1.79. The van der Waals surface area contributed by atoms with Crippen LogP contribution in [0.15, 0.2) is 22.7 Å². The van der Waals surface area contributed by atoms with Crippen LogP contribution in [0.4, 0.5) is 0 Å². The molecule has 0 radical (unpaired) electrons. The van der Waals surface area contributed by atoms with Gasteiger partial charge in [0.25, 0.3) is 0 Å². The van der Waals surface area contributed by atoms with Crippen molar-refractivity contribution in [2.75, 3.05) is 0 Å². The van der Waals surface area contributed by atoms with Gasteiger partial charge >= 0.3 is 5.97 Å². The fraction of sp³-hybridized carbons (Fsp3) is 0.231. The molecule has 0 amide bonds. The fourth-order valence-corrected chi connectivity index (χ4v) is 2.04. The standard InChI is InChI=1S/C13H13BrN2O3/c1-7-6-9(4-5-10(7)14)19-12-11(13(17)18)8(2)15-16(12)3/h4-6H,1-3H3,(H,17,18). The maximum Gasteiger partial charge on any atom is 0.343 e. The molecule has 0 spiro atoms. The van der Waals surface area contributed by atoms with E-state index in [2.05, 4.69) is 21.0 Å². The minimum absolute atomic E-state index is 0.0862. The summed E-state index contributed by atoms with van der Waals surface area (Å²) in [5.74, 6) is -0.243. The zero-order valence-electron chi connectivity index (χ0n) is 10.8. The molecule has 0 aliphatic heterocycles. The first-order valence-electron chi connectivity index (χ1n) is 5.61. The number of ether oxygens (including phenoxy) is 1. The van der Waals surface area contributed by atoms with Crippen LogP contribution in [0, 0.1) is 13.8 Å². The Morgan fingerprint density at radius 2 is 2.11 bits per heavy atom. The number of hydrogen-bond donors (Lipinski definition) is 1. The van der Waals surface area contributed by atoms with Crippen LogP contribution < -0.4 is 4.74 Å². The van der Waals surface area contributed by atoms with E-state index in [1.165, 1.54) is 4.68 Å². The molecular formula is C13H13BrN2O3. The first-order valence-corrected chi connectivity index (χ1v) is 6.40. The number of halogens is 1. The zero-order valence-corrected chi connectivity index (χ0v) is 12.4. The Morgan fingerprint density at radius 1 is 1.42 bits per heavy atom. The van der Waals surface area contributed by atoms with Gasteiger partial charge in [-0.1, -0.05) is 15.9 Å². The second-order valence-electron chi connectivity index (χ2n) is 4.21. The summed E-state index contributed by atoms with van der Waals surface area (Å²) in [4.78, 5) is 11.2. The Labute approximate surface area is 118 Å². The molecule has 1 N–H and O–H groups in total. The molecule has 19 heavy (non-hydrogen) atoms. The highest BCUT2D eigenvalue weighted by atomic mass is 79.9. The van der Waals surface area contributed by atoms with E-state index in [0.717, 1.165) is 10.0 Å². The molecule has 1 aromatic carbocycles. The van der Waals surface area contributed by atoms with E-state index in [9.17, 15) is 9.90 Å². The van der Waals surface area contributed by atoms with Gasteiger partial charge in [0.2, 0.25) is 5.88 Å². The molecule has 100 valence electrons. The number of aromatic nitrogens is 2. The Bertz CT molecular complexity index is 650. The topological polar surface area (TPSA) is 64.3 Å². The van der Waals surface area contributed by atoms with Crippen LogP contribution >= 0.6 is 15.9 Å². The number of hydrogen-bond acceptors (Lipinski definition) is 3. The molecule has 0 aliphatic carbocycles. The van der Waals surface area contributed by atoms with Gasteiger partial charge in [0.05, 0.1) is 5.69 Å². The highest BCUT2D eigenvalue weighted by Gasteiger charge is 2.21. The molecule has 0 fully saturated rings. The summed E-state index contributed by atoms with van der Waals surface area (Å²) in [6.07, 6.45) is 0. The molecule has 2 aromatic rings. The number of carboxylic acid groups (broad SMARTS) is 1. The molecule has 6 heteroatoms. The SMILES string of the molecule is Cc1cc(Oc2c(C(=O)O)c(C)nn2C)ccc1Br. The Kier molecular flexibility index (Phi) is 3.61. The summed E-state index contributed by atoms with van der Waals surface area (Å²) >= 11 is 3.40. The van der Waals surface area contributed by atoms with Crippen LogP contribution in [0.5, 0.6) is 11.6 Å². The third-order valence-corrected chi connectivity index (χ3v) is 3.62. The average Bonchev–Trinajstić information content (AvgIpc) is 2.59. The number of aromatic carboxylic acids is 1. The normalized spacial score (nSPS) is 10.5. The highest BCUT2D eigenvalue weighted by molar-refractivity contribution is 9.10. The maximum atomic E-state index is 11.2. The van der Waals surface area contributed by atoms with Gasteiger partial charge in [-0.15, -0.1) is 0 Å². The molecule has 0 bridgehead atoms. The van der Waals surface area contributed by atoms with E-state index < -0.39 is 5.97 Å². The van der Waals surface area contributed by atoms with Crippen molar-refractivity contribution in [3.8, 4) is 11.6 Å². The lowest BCUT2D eigenvalue weighted by atomic mass is 10.2. The predicted molar refractivity (Wildman–Crippen MR) is 73.9 cm³/mol. The molecule has 0 saturated carbocycles. The van der Waals surface area contributed by atoms with E-state index in [1.807, 2.05) is 19.1 Å². The number of carbonyl (C=O) groups is 1. The molecule has 0 aliphatic rings. The largest absolute Gasteiger partial charge is 0.477 e. The lowest BCUT2D eigenvalue weighted by molar-refractivity contribution is 0.0693. The third kappa shape index (κ3) is 2.63. The number of rotatable bonds is 3. The van der Waals surface area contributed by atoms with Crippen LogP contribution in [0.2, 0.25) is 0 Å². The molecular weight excluding hydrogens is 312 g/mol. The second-order valence-corrected chi connectivity index (χ2v) is 5.06. The van der Waals surface area contributed by atoms with Crippen molar-refractivity contribution in [2.24, 2.45) is 7.05 Å². The van der Waals surface area contributed by atoms with Crippen LogP contribution in [0.3, 0.4) is 0 Å². The van der Waals surface area contributed by atoms with Gasteiger partial charge in [0.1, 0.15) is 11.3 Å². The number of aryl methyl sites for hydroxylation is 3. The molecule has 1 aromatic heterocycles. The molecule has 0 unspecified atom stereocenters. The zero-order chi connectivity index (χ0) is 14.2. The average molecular weight is 325 g/mol. The van der Waals surface area contributed by atoms with E-state index in [-0.39, 0.29) is 11.4 Å². The van der Waals surface area contributed by atoms with Gasteiger partial charge < -0.3 is 9.84 Å². The number of carboxylic acids is 1. The predicted octanol–water partition coefficient (Wildman–Crippen LogP) is 3.29. The van der Waals surface area contributed by atoms with Crippen LogP contribution in [0.1, 0.15) is 21.6 Å². The molecule has 0 saturated heterocycles. The van der Waals surface area contributed by atoms with Gasteiger partial charge in [0, 0.05) is 11.5 Å². The van der Waals surface area contributed by atoms with Gasteiger partial charge in [-0.2, -0.15) is 5.10 Å². The van der Waals surface area contributed by atoms with Gasteiger partial charge in [-0.05, 0) is 37.6 Å². The van der Waals surface area contributed by atoms with Crippen molar-refractivity contribution in [3.63, 3.8) is 0 Å². The highest BCUT2D eigenvalue weighted by Crippen LogP contribution is 2.29. The van der Waals surface area contributed by atoms with Crippen LogP contribution in [0.25, 0.3) is 0 Å². The van der Waals surface area contributed by atoms with Crippen molar-refractivity contribution in [1.82, 2.24) is 9.78 Å². The summed E-state index contributed by atoms with van der Waals surface area (Å²) in [6.45, 7) is 3.58. The lowest BCUT2D eigenvalue weighted by Crippen LogP contribution is -2.02.